The molecule has 0 unspecified atom stereocenters. The van der Waals surface area contributed by atoms with Gasteiger partial charge in [-0.15, -0.1) is 0 Å². The van der Waals surface area contributed by atoms with Crippen molar-refractivity contribution in [2.75, 3.05) is 6.54 Å². The Kier molecular flexibility index (Phi) is 5.92. The fourth-order valence-electron chi connectivity index (χ4n) is 2.09. The lowest BCUT2D eigenvalue weighted by atomic mass is 10.1. The molecule has 2 rings (SSSR count). The van der Waals surface area contributed by atoms with Gasteiger partial charge in [0.15, 0.2) is 6.54 Å². The first-order valence-corrected chi connectivity index (χ1v) is 7.53. The summed E-state index contributed by atoms with van der Waals surface area (Å²) in [5.41, 5.74) is 1.59. The molecule has 0 aliphatic heterocycles. The number of benzene rings is 2. The largest absolute Gasteiger partial charge is 0.347 e. The normalized spacial score (nSPS) is 12.0. The van der Waals surface area contributed by atoms with Crippen LogP contribution in [0, 0.1) is 5.82 Å². The van der Waals surface area contributed by atoms with Crippen molar-refractivity contribution in [2.24, 2.45) is 0 Å². The number of nitrogens with one attached hydrogen (secondary N) is 1. The van der Waals surface area contributed by atoms with Crippen molar-refractivity contribution in [3.8, 4) is 0 Å². The Labute approximate surface area is 134 Å². The molecule has 0 aliphatic carbocycles. The number of hydrogen-bond donors (Lipinski definition) is 2. The lowest BCUT2D eigenvalue weighted by Gasteiger charge is -2.11. The number of rotatable bonds is 6. The van der Waals surface area contributed by atoms with Crippen molar-refractivity contribution < 1.29 is 14.5 Å². The molecule has 22 heavy (non-hydrogen) atoms. The van der Waals surface area contributed by atoms with Crippen molar-refractivity contribution >= 4 is 17.5 Å². The second kappa shape index (κ2) is 7.92. The quantitative estimate of drug-likeness (QED) is 0.843. The summed E-state index contributed by atoms with van der Waals surface area (Å²) in [4.78, 5) is 11.8. The molecule has 0 saturated carbocycles. The summed E-state index contributed by atoms with van der Waals surface area (Å²) in [6.45, 7) is 2.51. The van der Waals surface area contributed by atoms with Crippen molar-refractivity contribution in [3.05, 3.63) is 70.5 Å². The van der Waals surface area contributed by atoms with E-state index in [4.69, 9.17) is 11.6 Å². The van der Waals surface area contributed by atoms with Crippen molar-refractivity contribution in [1.29, 1.82) is 0 Å². The van der Waals surface area contributed by atoms with Crippen molar-refractivity contribution in [3.63, 3.8) is 0 Å². The summed E-state index contributed by atoms with van der Waals surface area (Å²) in [7, 11) is 0. The van der Waals surface area contributed by atoms with Gasteiger partial charge in [0.2, 0.25) is 0 Å². The van der Waals surface area contributed by atoms with E-state index in [2.05, 4.69) is 5.32 Å². The summed E-state index contributed by atoms with van der Waals surface area (Å²) < 4.78 is 13.4. The van der Waals surface area contributed by atoms with Gasteiger partial charge in [0.05, 0.1) is 0 Å². The minimum atomic E-state index is -0.304. The second-order valence-corrected chi connectivity index (χ2v) is 5.58. The average molecular weight is 322 g/mol. The van der Waals surface area contributed by atoms with Gasteiger partial charge in [-0.2, -0.15) is 0 Å². The average Bonchev–Trinajstić information content (AvgIpc) is 2.52. The first-order valence-electron chi connectivity index (χ1n) is 7.15. The number of hydrogen-bond acceptors (Lipinski definition) is 1. The fourth-order valence-corrected chi connectivity index (χ4v) is 2.22. The molecule has 0 bridgehead atoms. The molecule has 5 heteroatoms. The van der Waals surface area contributed by atoms with Crippen LogP contribution in [0.4, 0.5) is 4.39 Å². The molecule has 0 radical (unpaired) electrons. The van der Waals surface area contributed by atoms with Crippen LogP contribution < -0.4 is 10.6 Å². The Morgan fingerprint density at radius 2 is 1.91 bits per heavy atom. The molecule has 0 heterocycles. The Morgan fingerprint density at radius 3 is 2.59 bits per heavy atom. The number of halogens is 2. The van der Waals surface area contributed by atoms with Crippen molar-refractivity contribution in [2.45, 2.75) is 19.5 Å². The van der Waals surface area contributed by atoms with Gasteiger partial charge >= 0.3 is 0 Å². The third-order valence-electron chi connectivity index (χ3n) is 3.49. The molecule has 2 aromatic carbocycles. The molecule has 0 fully saturated rings. The molecule has 0 aliphatic rings. The Morgan fingerprint density at radius 1 is 1.23 bits per heavy atom. The van der Waals surface area contributed by atoms with Gasteiger partial charge in [0.1, 0.15) is 11.9 Å². The lowest BCUT2D eigenvalue weighted by molar-refractivity contribution is -0.682. The zero-order chi connectivity index (χ0) is 15.9. The van der Waals surface area contributed by atoms with Crippen LogP contribution in [-0.2, 0) is 11.3 Å². The Bertz CT molecular complexity index is 631. The highest BCUT2D eigenvalue weighted by atomic mass is 35.5. The Balaban J connectivity index is 1.78. The van der Waals surface area contributed by atoms with Crippen LogP contribution in [0.25, 0.3) is 0 Å². The SMILES string of the molecule is C[C@H]([NH2+]CC(=O)NCc1ccccc1F)c1ccc(Cl)cc1. The molecular weight excluding hydrogens is 303 g/mol. The number of carbonyl (C=O) groups is 1. The highest BCUT2D eigenvalue weighted by molar-refractivity contribution is 6.30. The van der Waals surface area contributed by atoms with E-state index in [1.54, 1.807) is 18.2 Å². The van der Waals surface area contributed by atoms with Crippen LogP contribution in [-0.4, -0.2) is 12.5 Å². The highest BCUT2D eigenvalue weighted by Crippen LogP contribution is 2.13. The molecule has 3 nitrogen and oxygen atoms in total. The molecular formula is C17H19ClFN2O+. The number of quaternary nitrogens is 1. The minimum Gasteiger partial charge on any atom is -0.347 e. The summed E-state index contributed by atoms with van der Waals surface area (Å²) in [6, 6.07) is 14.1. The standard InChI is InChI=1S/C17H18ClFN2O/c1-12(13-6-8-15(18)9-7-13)20-11-17(22)21-10-14-4-2-3-5-16(14)19/h2-9,12,20H,10-11H2,1H3,(H,21,22)/p+1/t12-/m0/s1. The van der Waals surface area contributed by atoms with Crippen LogP contribution >= 0.6 is 11.6 Å². The van der Waals surface area contributed by atoms with Crippen molar-refractivity contribution in [1.82, 2.24) is 5.32 Å². The van der Waals surface area contributed by atoms with Gasteiger partial charge in [-0.25, -0.2) is 4.39 Å². The van der Waals surface area contributed by atoms with Gasteiger partial charge in [-0.05, 0) is 25.1 Å². The molecule has 1 amide bonds. The summed E-state index contributed by atoms with van der Waals surface area (Å²) >= 11 is 5.85. The summed E-state index contributed by atoms with van der Waals surface area (Å²) in [6.07, 6.45) is 0. The zero-order valence-corrected chi connectivity index (χ0v) is 13.1. The van der Waals surface area contributed by atoms with Gasteiger partial charge in [0, 0.05) is 22.7 Å². The van der Waals surface area contributed by atoms with Gasteiger partial charge < -0.3 is 10.6 Å². The van der Waals surface area contributed by atoms with Gasteiger partial charge in [0.25, 0.3) is 5.91 Å². The molecule has 3 N–H and O–H groups in total. The molecule has 1 atom stereocenters. The fraction of sp³-hybridized carbons (Fsp3) is 0.235. The predicted molar refractivity (Wildman–Crippen MR) is 84.9 cm³/mol. The van der Waals surface area contributed by atoms with E-state index in [1.807, 2.05) is 36.5 Å². The first kappa shape index (κ1) is 16.5. The van der Waals surface area contributed by atoms with Gasteiger partial charge in [-0.3, -0.25) is 4.79 Å². The van der Waals surface area contributed by atoms with E-state index >= 15 is 0 Å². The van der Waals surface area contributed by atoms with Crippen LogP contribution in [0.5, 0.6) is 0 Å². The molecule has 0 saturated heterocycles. The van der Waals surface area contributed by atoms with Crippen LogP contribution in [0.15, 0.2) is 48.5 Å². The predicted octanol–water partition coefficient (Wildman–Crippen LogP) is 2.42. The monoisotopic (exact) mass is 321 g/mol. The molecule has 2 aromatic rings. The lowest BCUT2D eigenvalue weighted by Crippen LogP contribution is -2.87. The zero-order valence-electron chi connectivity index (χ0n) is 12.4. The Hall–Kier alpha value is -1.91. The smallest absolute Gasteiger partial charge is 0.275 e. The third kappa shape index (κ3) is 4.83. The van der Waals surface area contributed by atoms with E-state index in [0.717, 1.165) is 5.56 Å². The van der Waals surface area contributed by atoms with E-state index in [1.165, 1.54) is 6.07 Å². The van der Waals surface area contributed by atoms with Crippen LogP contribution in [0.2, 0.25) is 5.02 Å². The minimum absolute atomic E-state index is 0.121. The maximum atomic E-state index is 13.4. The topological polar surface area (TPSA) is 45.7 Å². The maximum Gasteiger partial charge on any atom is 0.275 e. The van der Waals surface area contributed by atoms with Gasteiger partial charge in [-0.1, -0.05) is 41.9 Å². The number of amides is 1. The van der Waals surface area contributed by atoms with E-state index in [9.17, 15) is 9.18 Å². The van der Waals surface area contributed by atoms with E-state index < -0.39 is 0 Å². The highest BCUT2D eigenvalue weighted by Gasteiger charge is 2.11. The number of nitrogens with two attached hydrogens (primary N) is 1. The maximum absolute atomic E-state index is 13.4. The molecule has 0 spiro atoms. The van der Waals surface area contributed by atoms with E-state index in [0.29, 0.717) is 10.6 Å². The van der Waals surface area contributed by atoms with Crippen LogP contribution in [0.3, 0.4) is 0 Å². The third-order valence-corrected chi connectivity index (χ3v) is 3.74. The summed E-state index contributed by atoms with van der Waals surface area (Å²) in [5.74, 6) is -0.426. The molecule has 116 valence electrons. The first-order chi connectivity index (χ1) is 10.6. The molecule has 0 aromatic heterocycles. The van der Waals surface area contributed by atoms with E-state index in [-0.39, 0.29) is 30.9 Å². The number of carbonyl (C=O) groups excluding carboxylic acids is 1. The summed E-state index contributed by atoms with van der Waals surface area (Å²) in [5, 5.41) is 5.35. The van der Waals surface area contributed by atoms with Crippen LogP contribution in [0.1, 0.15) is 24.1 Å². The second-order valence-electron chi connectivity index (χ2n) is 5.15.